The highest BCUT2D eigenvalue weighted by Crippen LogP contribution is 2.39. The van der Waals surface area contributed by atoms with Gasteiger partial charge in [-0.05, 0) is 50.0 Å². The molecule has 0 spiro atoms. The van der Waals surface area contributed by atoms with Crippen LogP contribution in [0.5, 0.6) is 0 Å². The number of nitrogens with one attached hydrogen (secondary N) is 2. The maximum atomic E-state index is 12.3. The summed E-state index contributed by atoms with van der Waals surface area (Å²) in [6.45, 7) is 2.04. The zero-order valence-corrected chi connectivity index (χ0v) is 12.1. The predicted octanol–water partition coefficient (Wildman–Crippen LogP) is 1.61. The molecule has 2 aliphatic rings. The van der Waals surface area contributed by atoms with Crippen LogP contribution in [-0.2, 0) is 6.42 Å². The second kappa shape index (κ2) is 5.56. The summed E-state index contributed by atoms with van der Waals surface area (Å²) in [7, 11) is 0. The number of rotatable bonds is 3. The van der Waals surface area contributed by atoms with Crippen molar-refractivity contribution in [2.45, 2.75) is 57.5 Å². The van der Waals surface area contributed by atoms with E-state index >= 15 is 0 Å². The second-order valence-electron chi connectivity index (χ2n) is 6.31. The molecule has 1 amide bonds. The maximum Gasteiger partial charge on any atom is 0.272 e. The third kappa shape index (κ3) is 2.59. The van der Waals surface area contributed by atoms with E-state index in [9.17, 15) is 4.79 Å². The van der Waals surface area contributed by atoms with Crippen LogP contribution in [0.4, 0.5) is 0 Å². The van der Waals surface area contributed by atoms with Gasteiger partial charge >= 0.3 is 0 Å². The molecule has 5 heteroatoms. The van der Waals surface area contributed by atoms with Gasteiger partial charge in [-0.25, -0.2) is 0 Å². The van der Waals surface area contributed by atoms with Gasteiger partial charge in [-0.2, -0.15) is 5.10 Å². The number of nitrogens with two attached hydrogens (primary N) is 1. The van der Waals surface area contributed by atoms with Crippen molar-refractivity contribution in [3.05, 3.63) is 17.5 Å². The Balaban J connectivity index is 1.69. The molecule has 2 bridgehead atoms. The molecule has 2 fully saturated rings. The van der Waals surface area contributed by atoms with Crippen LogP contribution in [0.15, 0.2) is 6.07 Å². The summed E-state index contributed by atoms with van der Waals surface area (Å²) in [4.78, 5) is 12.3. The van der Waals surface area contributed by atoms with Crippen LogP contribution in [0.25, 0.3) is 0 Å². The Morgan fingerprint density at radius 1 is 1.45 bits per heavy atom. The van der Waals surface area contributed by atoms with Crippen LogP contribution in [0.3, 0.4) is 0 Å². The molecule has 4 N–H and O–H groups in total. The second-order valence-corrected chi connectivity index (χ2v) is 6.31. The fraction of sp³-hybridized carbons (Fsp3) is 0.733. The van der Waals surface area contributed by atoms with Crippen molar-refractivity contribution >= 4 is 5.91 Å². The van der Waals surface area contributed by atoms with Crippen molar-refractivity contribution in [2.24, 2.45) is 17.6 Å². The minimum atomic E-state index is -0.0432. The van der Waals surface area contributed by atoms with E-state index in [1.165, 1.54) is 19.3 Å². The zero-order chi connectivity index (χ0) is 14.1. The van der Waals surface area contributed by atoms with Gasteiger partial charge in [0.25, 0.3) is 5.91 Å². The predicted molar refractivity (Wildman–Crippen MR) is 77.3 cm³/mol. The third-order valence-electron chi connectivity index (χ3n) is 4.92. The van der Waals surface area contributed by atoms with Crippen LogP contribution in [0.1, 0.15) is 55.2 Å². The Morgan fingerprint density at radius 2 is 2.15 bits per heavy atom. The van der Waals surface area contributed by atoms with E-state index < -0.39 is 0 Å². The van der Waals surface area contributed by atoms with E-state index in [4.69, 9.17) is 5.73 Å². The van der Waals surface area contributed by atoms with Crippen LogP contribution in [-0.4, -0.2) is 28.2 Å². The summed E-state index contributed by atoms with van der Waals surface area (Å²) in [6.07, 6.45) is 6.61. The zero-order valence-electron chi connectivity index (χ0n) is 12.1. The largest absolute Gasteiger partial charge is 0.347 e. The molecule has 0 aromatic carbocycles. The van der Waals surface area contributed by atoms with E-state index in [1.54, 1.807) is 0 Å². The van der Waals surface area contributed by atoms with Gasteiger partial charge in [-0.15, -0.1) is 0 Å². The lowest BCUT2D eigenvalue weighted by Crippen LogP contribution is -2.53. The highest BCUT2D eigenvalue weighted by atomic mass is 16.2. The number of aromatic nitrogens is 2. The van der Waals surface area contributed by atoms with Crippen molar-refractivity contribution in [1.29, 1.82) is 0 Å². The number of H-pyrrole nitrogens is 1. The van der Waals surface area contributed by atoms with Crippen LogP contribution in [0, 0.1) is 11.8 Å². The number of carbonyl (C=O) groups is 1. The van der Waals surface area contributed by atoms with Crippen molar-refractivity contribution in [2.75, 3.05) is 0 Å². The Hall–Kier alpha value is -1.36. The monoisotopic (exact) mass is 276 g/mol. The average Bonchev–Trinajstić information content (AvgIpc) is 2.88. The lowest BCUT2D eigenvalue weighted by Gasteiger charge is -2.45. The standard InChI is InChI=1S/C15H24N4O/c1-2-12-8-13(19-18-12)15(20)17-14-9-4-3-5-10(14)7-11(16)6-9/h8-11,14H,2-7,16H2,1H3,(H,17,20)(H,18,19). The summed E-state index contributed by atoms with van der Waals surface area (Å²) in [5, 5.41) is 10.2. The van der Waals surface area contributed by atoms with Crippen LogP contribution < -0.4 is 11.1 Å². The number of hydrogen-bond acceptors (Lipinski definition) is 3. The molecule has 0 radical (unpaired) electrons. The number of aryl methyl sites for hydroxylation is 1. The number of aromatic amines is 1. The summed E-state index contributed by atoms with van der Waals surface area (Å²) in [5.41, 5.74) is 7.63. The van der Waals surface area contributed by atoms with Crippen LogP contribution in [0.2, 0.25) is 0 Å². The summed E-state index contributed by atoms with van der Waals surface area (Å²) >= 11 is 0. The van der Waals surface area contributed by atoms with Gasteiger partial charge < -0.3 is 11.1 Å². The number of fused-ring (bicyclic) bond motifs is 2. The molecule has 0 saturated heterocycles. The Bertz CT molecular complexity index is 470. The highest BCUT2D eigenvalue weighted by molar-refractivity contribution is 5.92. The molecule has 110 valence electrons. The molecule has 0 aliphatic heterocycles. The first-order chi connectivity index (χ1) is 9.67. The molecule has 2 saturated carbocycles. The Morgan fingerprint density at radius 3 is 2.75 bits per heavy atom. The smallest absolute Gasteiger partial charge is 0.272 e. The van der Waals surface area contributed by atoms with Crippen molar-refractivity contribution in [3.8, 4) is 0 Å². The summed E-state index contributed by atoms with van der Waals surface area (Å²) in [5.74, 6) is 1.05. The normalized spacial score (nSPS) is 32.9. The van der Waals surface area contributed by atoms with Gasteiger partial charge in [-0.3, -0.25) is 9.89 Å². The number of hydrogen-bond donors (Lipinski definition) is 3. The van der Waals surface area contributed by atoms with E-state index in [1.807, 2.05) is 13.0 Å². The lowest BCUT2D eigenvalue weighted by atomic mass is 9.67. The first-order valence-corrected chi connectivity index (χ1v) is 7.78. The molecular weight excluding hydrogens is 252 g/mol. The topological polar surface area (TPSA) is 83.8 Å². The van der Waals surface area contributed by atoms with Gasteiger partial charge in [0.05, 0.1) is 0 Å². The average molecular weight is 276 g/mol. The molecule has 1 aromatic rings. The molecule has 5 nitrogen and oxygen atoms in total. The molecule has 3 rings (SSSR count). The van der Waals surface area contributed by atoms with Crippen molar-refractivity contribution < 1.29 is 4.79 Å². The number of amides is 1. The molecule has 2 atom stereocenters. The number of carbonyl (C=O) groups excluding carboxylic acids is 1. The minimum Gasteiger partial charge on any atom is -0.347 e. The number of nitrogens with zero attached hydrogens (tertiary/aromatic N) is 1. The SMILES string of the molecule is CCc1cc(C(=O)NC2C3CCCC2CC(N)C3)n[nH]1. The molecule has 20 heavy (non-hydrogen) atoms. The molecule has 1 aromatic heterocycles. The van der Waals surface area contributed by atoms with Gasteiger partial charge in [0, 0.05) is 17.8 Å². The summed E-state index contributed by atoms with van der Waals surface area (Å²) in [6, 6.07) is 2.45. The van der Waals surface area contributed by atoms with Crippen LogP contribution >= 0.6 is 0 Å². The van der Waals surface area contributed by atoms with Crippen molar-refractivity contribution in [1.82, 2.24) is 15.5 Å². The fourth-order valence-electron chi connectivity index (χ4n) is 3.91. The van der Waals surface area contributed by atoms with E-state index in [0.29, 0.717) is 23.6 Å². The highest BCUT2D eigenvalue weighted by Gasteiger charge is 2.40. The van der Waals surface area contributed by atoms with Crippen molar-refractivity contribution in [3.63, 3.8) is 0 Å². The van der Waals surface area contributed by atoms with Gasteiger partial charge in [0.15, 0.2) is 0 Å². The molecule has 2 unspecified atom stereocenters. The Labute approximate surface area is 119 Å². The van der Waals surface area contributed by atoms with Gasteiger partial charge in [0.2, 0.25) is 0 Å². The van der Waals surface area contributed by atoms with Gasteiger partial charge in [-0.1, -0.05) is 13.3 Å². The molecular formula is C15H24N4O. The quantitative estimate of drug-likeness (QED) is 0.784. The third-order valence-corrected chi connectivity index (χ3v) is 4.92. The van der Waals surface area contributed by atoms with Gasteiger partial charge in [0.1, 0.15) is 5.69 Å². The van der Waals surface area contributed by atoms with E-state index in [2.05, 4.69) is 15.5 Å². The van der Waals surface area contributed by atoms with E-state index in [-0.39, 0.29) is 11.9 Å². The molecule has 2 aliphatic carbocycles. The summed E-state index contributed by atoms with van der Waals surface area (Å²) < 4.78 is 0. The fourth-order valence-corrected chi connectivity index (χ4v) is 3.91. The maximum absolute atomic E-state index is 12.3. The first kappa shape index (κ1) is 13.6. The first-order valence-electron chi connectivity index (χ1n) is 7.78. The molecule has 1 heterocycles. The lowest BCUT2D eigenvalue weighted by molar-refractivity contribution is 0.0751. The van der Waals surface area contributed by atoms with E-state index in [0.717, 1.165) is 25.0 Å². The Kier molecular flexibility index (Phi) is 3.78. The minimum absolute atomic E-state index is 0.0432.